The maximum Gasteiger partial charge on any atom is 0.416 e. The summed E-state index contributed by atoms with van der Waals surface area (Å²) in [4.78, 5) is 6.20. The van der Waals surface area contributed by atoms with E-state index in [1.165, 1.54) is 6.07 Å². The summed E-state index contributed by atoms with van der Waals surface area (Å²) < 4.78 is 142. The highest BCUT2D eigenvalue weighted by atomic mass is 32.2. The molecule has 5 rings (SSSR count). The van der Waals surface area contributed by atoms with Crippen LogP contribution >= 0.6 is 11.3 Å². The van der Waals surface area contributed by atoms with Crippen molar-refractivity contribution in [1.29, 1.82) is 0 Å². The zero-order valence-corrected chi connectivity index (χ0v) is 27.0. The van der Waals surface area contributed by atoms with Gasteiger partial charge in [0.2, 0.25) is 27.4 Å². The van der Waals surface area contributed by atoms with Crippen LogP contribution in [0.25, 0.3) is 21.3 Å². The van der Waals surface area contributed by atoms with Crippen LogP contribution in [0.2, 0.25) is 0 Å². The number of benzene rings is 3. The topological polar surface area (TPSA) is 153 Å². The Morgan fingerprint density at radius 3 is 2.04 bits per heavy atom. The Labute approximate surface area is 273 Å². The number of thiazole rings is 1. The summed E-state index contributed by atoms with van der Waals surface area (Å²) in [5.41, 5.74) is 0.0743. The largest absolute Gasteiger partial charge is 0.421 e. The maximum absolute atomic E-state index is 14.0. The van der Waals surface area contributed by atoms with Crippen LogP contribution in [0.1, 0.15) is 39.0 Å². The molecule has 0 fully saturated rings. The van der Waals surface area contributed by atoms with Crippen LogP contribution in [0.15, 0.2) is 65.1 Å². The predicted octanol–water partition coefficient (Wildman–Crippen LogP) is 4.99. The highest BCUT2D eigenvalue weighted by Crippen LogP contribution is 2.49. The Hall–Kier alpha value is -3.95. The molecule has 11 nitrogen and oxygen atoms in total. The molecule has 2 N–H and O–H groups in total. The molecule has 0 spiro atoms. The number of hydrogen-bond donors (Lipinski definition) is 3. The maximum atomic E-state index is 14.0. The highest BCUT2D eigenvalue weighted by molar-refractivity contribution is 7.92. The summed E-state index contributed by atoms with van der Waals surface area (Å²) in [6.07, 6.45) is -10.1. The SMILES string of the molecule is COCc1ccc(-c2ccc3nc(C(c4cc(C(F)(F)F)cc(C(F)(F)F)c4)(c4nnc(CNN[SH](=O)=O)o4)S(C)(=O)=O)sc3c2)cc1. The molecule has 0 saturated heterocycles. The first-order valence-electron chi connectivity index (χ1n) is 13.4. The lowest BCUT2D eigenvalue weighted by molar-refractivity contribution is -0.143. The third-order valence-electron chi connectivity index (χ3n) is 7.02. The van der Waals surface area contributed by atoms with Gasteiger partial charge in [0.15, 0.2) is 9.84 Å². The fourth-order valence-corrected chi connectivity index (χ4v) is 8.09. The number of ether oxygens (including phenoxy) is 1. The molecule has 1 atom stereocenters. The summed E-state index contributed by atoms with van der Waals surface area (Å²) in [6, 6.07) is 12.5. The number of alkyl halides is 6. The van der Waals surface area contributed by atoms with Crippen LogP contribution in [-0.2, 0) is 55.7 Å². The van der Waals surface area contributed by atoms with Gasteiger partial charge >= 0.3 is 12.4 Å². The second kappa shape index (κ2) is 13.2. The smallest absolute Gasteiger partial charge is 0.416 e. The van der Waals surface area contributed by atoms with Crippen LogP contribution in [-0.4, -0.2) is 45.4 Å². The Morgan fingerprint density at radius 2 is 1.48 bits per heavy atom. The number of halogens is 6. The molecule has 48 heavy (non-hydrogen) atoms. The average Bonchev–Trinajstić information content (AvgIpc) is 3.63. The van der Waals surface area contributed by atoms with Crippen molar-refractivity contribution in [3.8, 4) is 11.1 Å². The fraction of sp³-hybridized carbons (Fsp3) is 0.250. The van der Waals surface area contributed by atoms with E-state index in [0.29, 0.717) is 34.5 Å². The van der Waals surface area contributed by atoms with E-state index >= 15 is 0 Å². The lowest BCUT2D eigenvalue weighted by Gasteiger charge is -2.28. The Morgan fingerprint density at radius 1 is 0.875 bits per heavy atom. The molecular formula is C28H23F6N5O6S3. The van der Waals surface area contributed by atoms with Crippen molar-refractivity contribution >= 4 is 42.3 Å². The van der Waals surface area contributed by atoms with E-state index in [1.54, 1.807) is 19.2 Å². The second-order valence-electron chi connectivity index (χ2n) is 10.3. The minimum absolute atomic E-state index is 0.141. The Balaban J connectivity index is 1.78. The highest BCUT2D eigenvalue weighted by Gasteiger charge is 2.55. The minimum Gasteiger partial charge on any atom is -0.421 e. The molecule has 5 aromatic rings. The minimum atomic E-state index is -5.33. The zero-order chi connectivity index (χ0) is 35.1. The lowest BCUT2D eigenvalue weighted by atomic mass is 9.93. The predicted molar refractivity (Wildman–Crippen MR) is 162 cm³/mol. The van der Waals surface area contributed by atoms with Gasteiger partial charge in [-0.3, -0.25) is 0 Å². The average molecular weight is 736 g/mol. The van der Waals surface area contributed by atoms with Crippen molar-refractivity contribution in [3.63, 3.8) is 0 Å². The Kier molecular flexibility index (Phi) is 9.70. The normalized spacial score (nSPS) is 14.1. The molecular weight excluding hydrogens is 713 g/mol. The summed E-state index contributed by atoms with van der Waals surface area (Å²) in [7, 11) is -6.47. The molecule has 1 unspecified atom stereocenters. The van der Waals surface area contributed by atoms with E-state index in [2.05, 4.69) is 20.6 Å². The van der Waals surface area contributed by atoms with Crippen molar-refractivity contribution in [2.75, 3.05) is 13.4 Å². The van der Waals surface area contributed by atoms with Gasteiger partial charge in [-0.1, -0.05) is 30.3 Å². The van der Waals surface area contributed by atoms with Crippen molar-refractivity contribution in [2.45, 2.75) is 30.3 Å². The van der Waals surface area contributed by atoms with E-state index in [-0.39, 0.29) is 23.7 Å². The Bertz CT molecular complexity index is 2110. The lowest BCUT2D eigenvalue weighted by Crippen LogP contribution is -2.39. The zero-order valence-electron chi connectivity index (χ0n) is 24.5. The molecule has 0 aliphatic heterocycles. The van der Waals surface area contributed by atoms with Crippen LogP contribution in [0.5, 0.6) is 0 Å². The van der Waals surface area contributed by atoms with Gasteiger partial charge in [-0.25, -0.2) is 27.2 Å². The number of rotatable bonds is 11. The second-order valence-corrected chi connectivity index (χ2v) is 14.2. The molecule has 2 aromatic heterocycles. The number of hydrogen-bond acceptors (Lipinski definition) is 11. The fourth-order valence-electron chi connectivity index (χ4n) is 4.89. The monoisotopic (exact) mass is 735 g/mol. The summed E-state index contributed by atoms with van der Waals surface area (Å²) in [5, 5.41) is 6.90. The van der Waals surface area contributed by atoms with Gasteiger partial charge in [-0.05, 0) is 52.6 Å². The molecule has 3 aromatic carbocycles. The third-order valence-corrected chi connectivity index (χ3v) is 10.3. The number of hydrazine groups is 1. The number of thiol groups is 1. The molecule has 0 aliphatic rings. The van der Waals surface area contributed by atoms with E-state index in [9.17, 15) is 43.2 Å². The van der Waals surface area contributed by atoms with Crippen molar-refractivity contribution in [2.24, 2.45) is 0 Å². The van der Waals surface area contributed by atoms with Gasteiger partial charge in [-0.2, -0.15) is 31.2 Å². The van der Waals surface area contributed by atoms with Gasteiger partial charge < -0.3 is 9.15 Å². The number of sulfone groups is 1. The first kappa shape index (κ1) is 35.4. The van der Waals surface area contributed by atoms with Crippen LogP contribution < -0.4 is 10.3 Å². The number of nitrogens with one attached hydrogen (secondary N) is 2. The summed E-state index contributed by atoms with van der Waals surface area (Å²) >= 11 is 0.690. The quantitative estimate of drug-likeness (QED) is 0.0962. The van der Waals surface area contributed by atoms with E-state index in [4.69, 9.17) is 9.15 Å². The molecule has 0 aliphatic carbocycles. The van der Waals surface area contributed by atoms with Gasteiger partial charge in [-0.15, -0.1) is 21.5 Å². The van der Waals surface area contributed by atoms with Gasteiger partial charge in [0.05, 0.1) is 34.5 Å². The molecule has 0 saturated carbocycles. The first-order chi connectivity index (χ1) is 22.4. The number of methoxy groups -OCH3 is 1. The van der Waals surface area contributed by atoms with E-state index in [0.717, 1.165) is 11.1 Å². The van der Waals surface area contributed by atoms with Crippen molar-refractivity contribution in [3.05, 3.63) is 99.7 Å². The van der Waals surface area contributed by atoms with Gasteiger partial charge in [0.25, 0.3) is 0 Å². The molecule has 0 bridgehead atoms. The first-order valence-corrected chi connectivity index (χ1v) is 17.3. The standard InChI is InChI=1S/C28H23F6N5O6S3/c1-44-14-15-3-5-16(6-4-15)17-7-8-21-22(9-17)46-25(36-21)26(48(2,42)43,24-38-37-23(45-24)13-35-39-47(40)41)18-10-19(27(29,30)31)12-20(11-18)28(32,33)34/h3-12,35,47H,13-14H2,1-2H3,(H,39,40,41). The van der Waals surface area contributed by atoms with Gasteiger partial charge in [0, 0.05) is 13.4 Å². The molecule has 20 heteroatoms. The number of fused-ring (bicyclic) bond motifs is 1. The third kappa shape index (κ3) is 7.08. The van der Waals surface area contributed by atoms with Crippen molar-refractivity contribution < 1.29 is 52.3 Å². The van der Waals surface area contributed by atoms with E-state index < -0.39 is 77.9 Å². The number of nitrogens with zero attached hydrogens (tertiary/aromatic N) is 3. The molecule has 0 radical (unpaired) electrons. The van der Waals surface area contributed by atoms with Crippen LogP contribution in [0, 0.1) is 0 Å². The molecule has 256 valence electrons. The van der Waals surface area contributed by atoms with Crippen molar-refractivity contribution in [1.82, 2.24) is 25.4 Å². The van der Waals surface area contributed by atoms with Crippen LogP contribution in [0.3, 0.4) is 0 Å². The summed E-state index contributed by atoms with van der Waals surface area (Å²) in [6.45, 7) is -0.155. The van der Waals surface area contributed by atoms with Gasteiger partial charge in [0.1, 0.15) is 5.01 Å². The molecule has 0 amide bonds. The van der Waals surface area contributed by atoms with E-state index in [1.807, 2.05) is 29.1 Å². The number of aromatic nitrogens is 3. The molecule has 2 heterocycles. The summed E-state index contributed by atoms with van der Waals surface area (Å²) in [5.74, 6) is -1.38. The van der Waals surface area contributed by atoms with Crippen LogP contribution in [0.4, 0.5) is 26.3 Å².